The molecule has 7 rings (SSSR count). The second-order valence-corrected chi connectivity index (χ2v) is 10.1. The fraction of sp³-hybridized carbons (Fsp3) is 0.0938. The Morgan fingerprint density at radius 1 is 0.850 bits per heavy atom. The van der Waals surface area contributed by atoms with Gasteiger partial charge in [0.15, 0.2) is 17.5 Å². The minimum absolute atomic E-state index is 0.228. The van der Waals surface area contributed by atoms with Crippen LogP contribution in [-0.2, 0) is 0 Å². The van der Waals surface area contributed by atoms with E-state index in [-0.39, 0.29) is 6.04 Å². The summed E-state index contributed by atoms with van der Waals surface area (Å²) in [6.07, 6.45) is 0. The number of benzene rings is 4. The van der Waals surface area contributed by atoms with Crippen LogP contribution in [0.4, 0.5) is 22.9 Å². The van der Waals surface area contributed by atoms with Crippen LogP contribution in [0.1, 0.15) is 22.9 Å². The predicted octanol–water partition coefficient (Wildman–Crippen LogP) is 7.64. The number of amidine groups is 2. The smallest absolute Gasteiger partial charge is 0.179 e. The van der Waals surface area contributed by atoms with Gasteiger partial charge in [-0.1, -0.05) is 54.1 Å². The summed E-state index contributed by atoms with van der Waals surface area (Å²) < 4.78 is 7.56. The molecular formula is C32H25ClN6O. The maximum atomic E-state index is 6.17. The van der Waals surface area contributed by atoms with E-state index in [0.717, 1.165) is 51.1 Å². The molecule has 1 N–H and O–H groups in total. The molecule has 1 aromatic heterocycles. The zero-order chi connectivity index (χ0) is 27.2. The number of halogens is 1. The van der Waals surface area contributed by atoms with Crippen molar-refractivity contribution in [3.8, 4) is 11.4 Å². The van der Waals surface area contributed by atoms with Gasteiger partial charge in [0, 0.05) is 16.3 Å². The van der Waals surface area contributed by atoms with Crippen LogP contribution >= 0.6 is 11.6 Å². The second-order valence-electron chi connectivity index (χ2n) is 9.64. The molecule has 0 fully saturated rings. The van der Waals surface area contributed by atoms with Gasteiger partial charge in [-0.2, -0.15) is 5.10 Å². The van der Waals surface area contributed by atoms with Crippen molar-refractivity contribution < 1.29 is 4.74 Å². The van der Waals surface area contributed by atoms with Gasteiger partial charge in [0.05, 0.1) is 35.9 Å². The van der Waals surface area contributed by atoms with Crippen molar-refractivity contribution in [2.45, 2.75) is 13.0 Å². The summed E-state index contributed by atoms with van der Waals surface area (Å²) in [7, 11) is 1.69. The summed E-state index contributed by atoms with van der Waals surface area (Å²) >= 11 is 6.17. The highest BCUT2D eigenvalue weighted by atomic mass is 35.5. The van der Waals surface area contributed by atoms with E-state index >= 15 is 0 Å². The summed E-state index contributed by atoms with van der Waals surface area (Å²) in [5.74, 6) is 2.89. The molecule has 5 aromatic rings. The van der Waals surface area contributed by atoms with Crippen molar-refractivity contribution >= 4 is 46.2 Å². The lowest BCUT2D eigenvalue weighted by atomic mass is 9.93. The molecule has 40 heavy (non-hydrogen) atoms. The molecular weight excluding hydrogens is 520 g/mol. The first kappa shape index (κ1) is 24.2. The van der Waals surface area contributed by atoms with Crippen molar-refractivity contribution in [2.24, 2.45) is 9.98 Å². The highest BCUT2D eigenvalue weighted by Gasteiger charge is 2.41. The number of hydrogen-bond acceptors (Lipinski definition) is 6. The number of para-hydroxylation sites is 3. The maximum Gasteiger partial charge on any atom is 0.179 e. The Labute approximate surface area is 237 Å². The Kier molecular flexibility index (Phi) is 5.86. The molecule has 0 radical (unpaired) electrons. The quantitative estimate of drug-likeness (QED) is 0.252. The summed E-state index contributed by atoms with van der Waals surface area (Å²) in [6.45, 7) is 2.04. The van der Waals surface area contributed by atoms with E-state index < -0.39 is 0 Å². The molecule has 0 saturated heterocycles. The molecule has 1 atom stereocenters. The van der Waals surface area contributed by atoms with Gasteiger partial charge in [0.25, 0.3) is 0 Å². The monoisotopic (exact) mass is 544 g/mol. The number of nitrogens with zero attached hydrogens (tertiary/aromatic N) is 5. The van der Waals surface area contributed by atoms with E-state index in [9.17, 15) is 0 Å². The third kappa shape index (κ3) is 4.03. The molecule has 196 valence electrons. The lowest BCUT2D eigenvalue weighted by Crippen LogP contribution is -2.46. The fourth-order valence-electron chi connectivity index (χ4n) is 5.34. The van der Waals surface area contributed by atoms with Crippen molar-refractivity contribution in [1.29, 1.82) is 0 Å². The van der Waals surface area contributed by atoms with Crippen LogP contribution in [0.15, 0.2) is 113 Å². The third-order valence-electron chi connectivity index (χ3n) is 7.16. The lowest BCUT2D eigenvalue weighted by molar-refractivity contribution is 0.414. The molecule has 0 bridgehead atoms. The molecule has 3 heterocycles. The number of aromatic nitrogens is 2. The van der Waals surface area contributed by atoms with Gasteiger partial charge in [-0.3, -0.25) is 0 Å². The molecule has 0 spiro atoms. The summed E-state index contributed by atoms with van der Waals surface area (Å²) in [6, 6.07) is 33.8. The van der Waals surface area contributed by atoms with Gasteiger partial charge in [-0.15, -0.1) is 0 Å². The Hall–Kier alpha value is -4.88. The molecule has 2 aliphatic heterocycles. The minimum Gasteiger partial charge on any atom is -0.497 e. The van der Waals surface area contributed by atoms with E-state index in [1.54, 1.807) is 7.11 Å². The zero-order valence-corrected chi connectivity index (χ0v) is 22.7. The first-order valence-electron chi connectivity index (χ1n) is 13.0. The highest BCUT2D eigenvalue weighted by molar-refractivity contribution is 6.51. The van der Waals surface area contributed by atoms with Crippen LogP contribution in [0, 0.1) is 6.92 Å². The van der Waals surface area contributed by atoms with E-state index in [1.807, 2.05) is 96.5 Å². The standard InChI is InChI=1S/C32H25ClN6O/c1-20-28-29(21-9-8-12-25(19-21)40-2)38-27-14-7-6-13-26(27)35-30(34-23-17-15-22(33)16-18-23)32(38)36-31(28)39(37-20)24-10-4-3-5-11-24/h3-19,29H,1-2H3,(H,34,35)/t29-/m0/s1. The number of ether oxygens (including phenoxy) is 1. The van der Waals surface area contributed by atoms with Crippen molar-refractivity contribution in [1.82, 2.24) is 9.78 Å². The summed E-state index contributed by atoms with van der Waals surface area (Å²) in [5, 5.41) is 9.16. The van der Waals surface area contributed by atoms with Crippen molar-refractivity contribution in [2.75, 3.05) is 17.3 Å². The molecule has 0 aliphatic carbocycles. The summed E-state index contributed by atoms with van der Waals surface area (Å²) in [4.78, 5) is 12.6. The van der Waals surface area contributed by atoms with E-state index in [4.69, 9.17) is 31.4 Å². The lowest BCUT2D eigenvalue weighted by Gasteiger charge is -2.40. The van der Waals surface area contributed by atoms with Crippen LogP contribution in [-0.4, -0.2) is 28.6 Å². The number of methoxy groups -OCH3 is 1. The van der Waals surface area contributed by atoms with Gasteiger partial charge >= 0.3 is 0 Å². The first-order chi connectivity index (χ1) is 19.6. The van der Waals surface area contributed by atoms with E-state index in [0.29, 0.717) is 16.7 Å². The molecule has 8 heteroatoms. The molecule has 4 aromatic carbocycles. The number of fused-ring (bicyclic) bond motifs is 4. The van der Waals surface area contributed by atoms with Gasteiger partial charge in [0.2, 0.25) is 0 Å². The Morgan fingerprint density at radius 3 is 2.42 bits per heavy atom. The van der Waals surface area contributed by atoms with Crippen LogP contribution in [0.2, 0.25) is 5.02 Å². The zero-order valence-electron chi connectivity index (χ0n) is 21.9. The predicted molar refractivity (Wildman–Crippen MR) is 161 cm³/mol. The van der Waals surface area contributed by atoms with Crippen LogP contribution in [0.3, 0.4) is 0 Å². The molecule has 0 amide bonds. The Bertz CT molecular complexity index is 1790. The van der Waals surface area contributed by atoms with Gasteiger partial charge in [-0.25, -0.2) is 14.7 Å². The topological polar surface area (TPSA) is 67.0 Å². The first-order valence-corrected chi connectivity index (χ1v) is 13.4. The number of anilines is 2. The molecule has 0 unspecified atom stereocenters. The minimum atomic E-state index is -0.228. The van der Waals surface area contributed by atoms with Gasteiger partial charge < -0.3 is 15.0 Å². The number of aliphatic imine (C=N–C) groups is 2. The van der Waals surface area contributed by atoms with Crippen LogP contribution < -0.4 is 15.0 Å². The largest absolute Gasteiger partial charge is 0.497 e. The third-order valence-corrected chi connectivity index (χ3v) is 7.41. The van der Waals surface area contributed by atoms with Crippen molar-refractivity contribution in [3.05, 3.63) is 125 Å². The molecule has 7 nitrogen and oxygen atoms in total. The van der Waals surface area contributed by atoms with Crippen LogP contribution in [0.5, 0.6) is 5.75 Å². The SMILES string of the molecule is COc1cccc([C@H]2c3c(C)nn(-c4ccccc4)c3N=C3C(Nc4ccc(Cl)cc4)=Nc4ccccc4N32)c1. The molecule has 0 saturated carbocycles. The fourth-order valence-corrected chi connectivity index (χ4v) is 5.47. The van der Waals surface area contributed by atoms with E-state index in [2.05, 4.69) is 28.4 Å². The molecule has 2 aliphatic rings. The maximum absolute atomic E-state index is 6.17. The van der Waals surface area contributed by atoms with Gasteiger partial charge in [-0.05, 0) is 73.2 Å². The second kappa shape index (κ2) is 9.70. The van der Waals surface area contributed by atoms with Crippen molar-refractivity contribution in [3.63, 3.8) is 0 Å². The average molecular weight is 545 g/mol. The van der Waals surface area contributed by atoms with E-state index in [1.165, 1.54) is 0 Å². The number of aryl methyl sites for hydroxylation is 1. The average Bonchev–Trinajstić information content (AvgIpc) is 3.33. The normalized spacial score (nSPS) is 15.4. The van der Waals surface area contributed by atoms with Crippen LogP contribution in [0.25, 0.3) is 5.69 Å². The number of rotatable bonds is 4. The summed E-state index contributed by atoms with van der Waals surface area (Å²) in [5.41, 5.74) is 6.61. The number of hydrogen-bond donors (Lipinski definition) is 1. The van der Waals surface area contributed by atoms with Gasteiger partial charge in [0.1, 0.15) is 5.75 Å². The number of nitrogens with one attached hydrogen (secondary N) is 1. The Morgan fingerprint density at radius 2 is 1.62 bits per heavy atom. The highest BCUT2D eigenvalue weighted by Crippen LogP contribution is 2.48. The Balaban J connectivity index is 1.50.